The molecule has 2 aliphatic rings. The standard InChI is InChI=1S/C12H21NO5S/c1-3-17-12(14)13-9-5-4-6-10(13)8-11(7-9)18-19(2,15)16/h9-11H,3-8H2,1-2H3. The minimum absolute atomic E-state index is 0.0401. The highest BCUT2D eigenvalue weighted by molar-refractivity contribution is 7.86. The van der Waals surface area contributed by atoms with Crippen LogP contribution < -0.4 is 0 Å². The van der Waals surface area contributed by atoms with Gasteiger partial charge < -0.3 is 9.64 Å². The van der Waals surface area contributed by atoms with Gasteiger partial charge in [0.2, 0.25) is 0 Å². The lowest BCUT2D eigenvalue weighted by molar-refractivity contribution is -0.0131. The van der Waals surface area contributed by atoms with Crippen LogP contribution in [-0.2, 0) is 19.0 Å². The van der Waals surface area contributed by atoms with Gasteiger partial charge in [-0.05, 0) is 39.0 Å². The van der Waals surface area contributed by atoms with Crippen molar-refractivity contribution in [3.8, 4) is 0 Å². The summed E-state index contributed by atoms with van der Waals surface area (Å²) in [6.45, 7) is 2.14. The molecule has 0 aromatic heterocycles. The van der Waals surface area contributed by atoms with E-state index in [9.17, 15) is 13.2 Å². The van der Waals surface area contributed by atoms with Crippen LogP contribution in [0.15, 0.2) is 0 Å². The van der Waals surface area contributed by atoms with Gasteiger partial charge in [-0.3, -0.25) is 4.18 Å². The molecule has 110 valence electrons. The molecular weight excluding hydrogens is 270 g/mol. The fourth-order valence-corrected chi connectivity index (χ4v) is 3.80. The number of hydrogen-bond acceptors (Lipinski definition) is 5. The highest BCUT2D eigenvalue weighted by atomic mass is 32.2. The summed E-state index contributed by atoms with van der Waals surface area (Å²) in [6, 6.07) is 0.0802. The molecule has 7 heteroatoms. The fourth-order valence-electron chi connectivity index (χ4n) is 3.15. The number of nitrogens with zero attached hydrogens (tertiary/aromatic N) is 1. The van der Waals surface area contributed by atoms with Gasteiger partial charge in [-0.1, -0.05) is 0 Å². The average molecular weight is 291 g/mol. The molecule has 0 radical (unpaired) electrons. The van der Waals surface area contributed by atoms with Crippen LogP contribution in [0.25, 0.3) is 0 Å². The normalized spacial score (nSPS) is 31.1. The van der Waals surface area contributed by atoms with E-state index in [1.165, 1.54) is 0 Å². The number of piperidine rings is 2. The van der Waals surface area contributed by atoms with Crippen LogP contribution in [0.1, 0.15) is 39.0 Å². The van der Waals surface area contributed by atoms with Crippen LogP contribution in [0.4, 0.5) is 4.79 Å². The van der Waals surface area contributed by atoms with E-state index in [2.05, 4.69) is 0 Å². The Balaban J connectivity index is 2.06. The van der Waals surface area contributed by atoms with Crippen molar-refractivity contribution in [3.63, 3.8) is 0 Å². The van der Waals surface area contributed by atoms with Crippen molar-refractivity contribution in [2.24, 2.45) is 0 Å². The van der Waals surface area contributed by atoms with Crippen LogP contribution in [-0.4, -0.2) is 50.5 Å². The molecule has 2 atom stereocenters. The van der Waals surface area contributed by atoms with Crippen molar-refractivity contribution in [3.05, 3.63) is 0 Å². The van der Waals surface area contributed by atoms with Gasteiger partial charge in [-0.2, -0.15) is 8.42 Å². The van der Waals surface area contributed by atoms with E-state index in [4.69, 9.17) is 8.92 Å². The Morgan fingerprint density at radius 3 is 2.32 bits per heavy atom. The van der Waals surface area contributed by atoms with E-state index in [0.717, 1.165) is 25.5 Å². The third-order valence-corrected chi connectivity index (χ3v) is 4.34. The molecule has 0 aromatic carbocycles. The van der Waals surface area contributed by atoms with Gasteiger partial charge in [0.1, 0.15) is 0 Å². The Morgan fingerprint density at radius 1 is 1.26 bits per heavy atom. The third kappa shape index (κ3) is 3.60. The van der Waals surface area contributed by atoms with Crippen molar-refractivity contribution in [1.29, 1.82) is 0 Å². The molecule has 2 aliphatic heterocycles. The summed E-state index contributed by atoms with van der Waals surface area (Å²) in [5.41, 5.74) is 0. The van der Waals surface area contributed by atoms with Gasteiger partial charge in [0, 0.05) is 12.1 Å². The molecule has 2 heterocycles. The molecule has 2 saturated heterocycles. The molecule has 19 heavy (non-hydrogen) atoms. The van der Waals surface area contributed by atoms with Crippen LogP contribution in [0, 0.1) is 0 Å². The highest BCUT2D eigenvalue weighted by Crippen LogP contribution is 2.36. The zero-order chi connectivity index (χ0) is 14.0. The lowest BCUT2D eigenvalue weighted by Crippen LogP contribution is -2.56. The first kappa shape index (κ1) is 14.6. The van der Waals surface area contributed by atoms with E-state index in [-0.39, 0.29) is 24.3 Å². The summed E-state index contributed by atoms with van der Waals surface area (Å²) in [5, 5.41) is 0. The Bertz CT molecular complexity index is 421. The fraction of sp³-hybridized carbons (Fsp3) is 0.917. The predicted octanol–water partition coefficient (Wildman–Crippen LogP) is 1.50. The van der Waals surface area contributed by atoms with Crippen LogP contribution in [0.5, 0.6) is 0 Å². The first-order valence-corrected chi connectivity index (χ1v) is 8.55. The number of fused-ring (bicyclic) bond motifs is 2. The van der Waals surface area contributed by atoms with E-state index in [0.29, 0.717) is 19.4 Å². The molecule has 0 spiro atoms. The van der Waals surface area contributed by atoms with E-state index < -0.39 is 10.1 Å². The summed E-state index contributed by atoms with van der Waals surface area (Å²) >= 11 is 0. The largest absolute Gasteiger partial charge is 0.450 e. The first-order valence-electron chi connectivity index (χ1n) is 6.74. The van der Waals surface area contributed by atoms with Crippen molar-refractivity contribution < 1.29 is 22.1 Å². The van der Waals surface area contributed by atoms with Crippen LogP contribution >= 0.6 is 0 Å². The summed E-state index contributed by atoms with van der Waals surface area (Å²) in [7, 11) is -3.44. The second-order valence-electron chi connectivity index (χ2n) is 5.24. The molecule has 6 nitrogen and oxygen atoms in total. The maximum atomic E-state index is 11.9. The van der Waals surface area contributed by atoms with E-state index >= 15 is 0 Å². The zero-order valence-electron chi connectivity index (χ0n) is 11.4. The summed E-state index contributed by atoms with van der Waals surface area (Å²) in [6.07, 6.45) is 4.46. The number of rotatable bonds is 3. The number of carbonyl (C=O) groups excluding carboxylic acids is 1. The Kier molecular flexibility index (Phi) is 4.35. The molecular formula is C12H21NO5S. The molecule has 2 unspecified atom stereocenters. The Labute approximate surface area is 114 Å². The van der Waals surface area contributed by atoms with E-state index in [1.807, 2.05) is 0 Å². The van der Waals surface area contributed by atoms with Crippen LogP contribution in [0.2, 0.25) is 0 Å². The SMILES string of the molecule is CCOC(=O)N1C2CCCC1CC(OS(C)(=O)=O)C2. The van der Waals surface area contributed by atoms with Crippen molar-refractivity contribution in [2.75, 3.05) is 12.9 Å². The van der Waals surface area contributed by atoms with Crippen molar-refractivity contribution in [2.45, 2.75) is 57.2 Å². The highest BCUT2D eigenvalue weighted by Gasteiger charge is 2.42. The quantitative estimate of drug-likeness (QED) is 0.737. The van der Waals surface area contributed by atoms with Crippen molar-refractivity contribution in [1.82, 2.24) is 4.90 Å². The first-order chi connectivity index (χ1) is 8.90. The van der Waals surface area contributed by atoms with E-state index in [1.54, 1.807) is 11.8 Å². The van der Waals surface area contributed by atoms with Crippen molar-refractivity contribution >= 4 is 16.2 Å². The minimum Gasteiger partial charge on any atom is -0.450 e. The third-order valence-electron chi connectivity index (χ3n) is 3.72. The molecule has 1 amide bonds. The van der Waals surface area contributed by atoms with Gasteiger partial charge in [-0.15, -0.1) is 0 Å². The topological polar surface area (TPSA) is 72.9 Å². The maximum absolute atomic E-state index is 11.9. The predicted molar refractivity (Wildman–Crippen MR) is 69.2 cm³/mol. The molecule has 0 saturated carbocycles. The smallest absolute Gasteiger partial charge is 0.410 e. The number of amides is 1. The minimum atomic E-state index is -3.44. The summed E-state index contributed by atoms with van der Waals surface area (Å²) in [4.78, 5) is 13.7. The second kappa shape index (κ2) is 5.66. The molecule has 0 aromatic rings. The lowest BCUT2D eigenvalue weighted by Gasteiger charge is -2.47. The van der Waals surface area contributed by atoms with Crippen LogP contribution in [0.3, 0.4) is 0 Å². The maximum Gasteiger partial charge on any atom is 0.410 e. The van der Waals surface area contributed by atoms with Gasteiger partial charge >= 0.3 is 6.09 Å². The summed E-state index contributed by atoms with van der Waals surface area (Å²) in [5.74, 6) is 0. The van der Waals surface area contributed by atoms with Gasteiger partial charge in [-0.25, -0.2) is 4.79 Å². The molecule has 2 rings (SSSR count). The second-order valence-corrected chi connectivity index (χ2v) is 6.84. The molecule has 0 aliphatic carbocycles. The molecule has 2 bridgehead atoms. The Hall–Kier alpha value is -0.820. The average Bonchev–Trinajstić information content (AvgIpc) is 2.25. The zero-order valence-corrected chi connectivity index (χ0v) is 12.2. The monoisotopic (exact) mass is 291 g/mol. The number of hydrogen-bond donors (Lipinski definition) is 0. The molecule has 0 N–H and O–H groups in total. The van der Waals surface area contributed by atoms with Gasteiger partial charge in [0.15, 0.2) is 0 Å². The lowest BCUT2D eigenvalue weighted by atomic mass is 9.83. The number of carbonyl (C=O) groups is 1. The summed E-state index contributed by atoms with van der Waals surface area (Å²) < 4.78 is 32.6. The Morgan fingerprint density at radius 2 is 1.84 bits per heavy atom. The van der Waals surface area contributed by atoms with Gasteiger partial charge in [0.25, 0.3) is 10.1 Å². The molecule has 2 fully saturated rings. The van der Waals surface area contributed by atoms with Gasteiger partial charge in [0.05, 0.1) is 19.0 Å². The number of ether oxygens (including phenoxy) is 1.